The van der Waals surface area contributed by atoms with Crippen LogP contribution < -0.4 is 63.7 Å². The Kier molecular flexibility index (Phi) is 35.5. The Morgan fingerprint density at radius 3 is 0.333 bits per heavy atom. The molecule has 0 spiro atoms. The number of carbonyl (C=O) groups excluding carboxylic acids is 1. The van der Waals surface area contributed by atoms with E-state index in [1.165, 1.54) is 137 Å². The van der Waals surface area contributed by atoms with Crippen molar-refractivity contribution in [1.82, 2.24) is 0 Å². The van der Waals surface area contributed by atoms with Crippen LogP contribution in [0.1, 0.15) is 0 Å². The Morgan fingerprint density at radius 2 is 0.255 bits per heavy atom. The van der Waals surface area contributed by atoms with Crippen LogP contribution in [0.3, 0.4) is 0 Å². The van der Waals surface area contributed by atoms with E-state index in [0.717, 1.165) is 0 Å². The molecule has 0 fully saturated rings. The molecule has 0 saturated heterocycles. The van der Waals surface area contributed by atoms with Crippen LogP contribution in [-0.2, 0) is 24.3 Å². The summed E-state index contributed by atoms with van der Waals surface area (Å²) in [5.74, 6) is 0. The Bertz CT molecular complexity index is 3210. The second-order valence-corrected chi connectivity index (χ2v) is 57.9. The summed E-state index contributed by atoms with van der Waals surface area (Å²) in [6, 6.07) is 143. The number of hydrogen-bond donors (Lipinski definition) is 0. The van der Waals surface area contributed by atoms with Gasteiger partial charge in [0.25, 0.3) is 0 Å². The van der Waals surface area contributed by atoms with Crippen LogP contribution in [0.25, 0.3) is 0 Å². The van der Waals surface area contributed by atoms with Gasteiger partial charge in [0.15, 0.2) is 0 Å². The molecule has 0 amide bonds. The van der Waals surface area contributed by atoms with E-state index in [4.69, 9.17) is 4.79 Å². The zero-order valence-electron chi connectivity index (χ0n) is 60.8. The van der Waals surface area contributed by atoms with E-state index < -0.39 is 24.2 Å². The Labute approximate surface area is 637 Å². The second-order valence-electron chi connectivity index (χ2n) is 27.9. The number of rotatable bonds is 30. The van der Waals surface area contributed by atoms with Crippen molar-refractivity contribution in [2.45, 2.75) is 75.5 Å². The van der Waals surface area contributed by atoms with Crippen LogP contribution in [-0.4, -0.2) is 68.0 Å². The Hall–Kier alpha value is -5.84. The summed E-state index contributed by atoms with van der Waals surface area (Å²) in [6.45, 7) is 17.7. The van der Waals surface area contributed by atoms with Gasteiger partial charge in [-0.05, 0) is 148 Å². The van der Waals surface area contributed by atoms with E-state index in [0.29, 0.717) is 0 Å². The smallest absolute Gasteiger partial charge is 0.106 e. The summed E-state index contributed by atoms with van der Waals surface area (Å²) >= 11 is 0. The topological polar surface area (TPSA) is 17.1 Å². The van der Waals surface area contributed by atoms with Crippen LogP contribution in [0.5, 0.6) is 0 Å². The van der Waals surface area contributed by atoms with Crippen molar-refractivity contribution in [3.8, 4) is 0 Å². The molecule has 0 aliphatic carbocycles. The molecule has 1 radical (unpaired) electrons. The van der Waals surface area contributed by atoms with Gasteiger partial charge >= 0.3 is 0 Å². The van der Waals surface area contributed by atoms with Gasteiger partial charge in [-0.1, -0.05) is 440 Å². The van der Waals surface area contributed by atoms with E-state index in [1.54, 1.807) is 0 Å². The van der Waals surface area contributed by atoms with Crippen molar-refractivity contribution < 1.29 is 24.3 Å². The minimum Gasteiger partial charge on any atom is -0.307 e. The summed E-state index contributed by atoms with van der Waals surface area (Å²) in [5, 5.41) is 18.2. The normalized spacial score (nSPS) is 11.5. The first kappa shape index (κ1) is 81.8. The molecule has 11 heteroatoms. The molecule has 1 nitrogen and oxygen atoms in total. The predicted molar refractivity (Wildman–Crippen MR) is 472 cm³/mol. The molecule has 0 atom stereocenters. The van der Waals surface area contributed by atoms with Crippen LogP contribution in [0.15, 0.2) is 364 Å². The molecule has 12 aromatic rings. The zero-order chi connectivity index (χ0) is 70.8. The molecule has 102 heavy (non-hydrogen) atoms. The monoisotopic (exact) mass is 1590 g/mol. The SMILES string of the molecule is C=O.C[Si](C)(CCP(c1ccccc1)c1ccccc1)CCP(c1ccccc1)c1ccccc1.C[Si](C)(CCP(c1ccccc1)c1ccccc1)CCP(c1ccccc1)c1ccccc1.C[Si](C)(CCP(c1ccccc1)c1ccccc1)CCP(c1ccccc1)c1ccccc1.[Rh]. The van der Waals surface area contributed by atoms with Gasteiger partial charge in [0.2, 0.25) is 0 Å². The van der Waals surface area contributed by atoms with Crippen molar-refractivity contribution in [3.05, 3.63) is 364 Å². The summed E-state index contributed by atoms with van der Waals surface area (Å²) in [7, 11) is -5.72. The van der Waals surface area contributed by atoms with Gasteiger partial charge in [-0.3, -0.25) is 0 Å². The molecule has 12 rings (SSSR count). The standard InChI is InChI=1S/3C30H34P2Si.CH2O.Rh/c3*1-33(2,25-23-31(27-15-7-3-8-16-27)28-17-9-4-10-18-28)26-24-32(29-19-11-5-12-20-29)30-21-13-6-14-22-30;1-2;/h3*3-22H,23-26H2,1-2H3;1H2;. The molecule has 0 unspecified atom stereocenters. The maximum Gasteiger partial charge on any atom is 0.106 e. The largest absolute Gasteiger partial charge is 0.307 e. The molecule has 0 saturated carbocycles. The molecule has 0 heterocycles. The van der Waals surface area contributed by atoms with Gasteiger partial charge in [-0.25, -0.2) is 0 Å². The van der Waals surface area contributed by atoms with E-state index in [9.17, 15) is 0 Å². The molecule has 0 bridgehead atoms. The molecular weight excluding hydrogens is 1480 g/mol. The molecule has 525 valence electrons. The van der Waals surface area contributed by atoms with Gasteiger partial charge in [-0.2, -0.15) is 0 Å². The molecule has 0 aliphatic rings. The number of benzene rings is 12. The summed E-state index contributed by atoms with van der Waals surface area (Å²) in [4.78, 5) is 8.00. The van der Waals surface area contributed by atoms with E-state index >= 15 is 0 Å². The van der Waals surface area contributed by atoms with Crippen molar-refractivity contribution in [3.63, 3.8) is 0 Å². The maximum atomic E-state index is 8.00. The maximum absolute atomic E-state index is 8.00. The van der Waals surface area contributed by atoms with Crippen LogP contribution >= 0.6 is 47.5 Å². The fourth-order valence-electron chi connectivity index (χ4n) is 12.6. The van der Waals surface area contributed by atoms with Gasteiger partial charge in [0, 0.05) is 43.7 Å². The van der Waals surface area contributed by atoms with E-state index in [1.807, 2.05) is 6.79 Å². The third-order valence-electron chi connectivity index (χ3n) is 18.9. The van der Waals surface area contributed by atoms with Crippen molar-refractivity contribution >= 4 is 142 Å². The number of carbonyl (C=O) groups is 1. The first-order valence-corrected chi connectivity index (χ1v) is 55.3. The first-order chi connectivity index (χ1) is 49.4. The third kappa shape index (κ3) is 26.9. The van der Waals surface area contributed by atoms with Crippen molar-refractivity contribution in [2.75, 3.05) is 37.0 Å². The van der Waals surface area contributed by atoms with E-state index in [-0.39, 0.29) is 67.0 Å². The van der Waals surface area contributed by atoms with Crippen molar-refractivity contribution in [1.29, 1.82) is 0 Å². The Balaban J connectivity index is 0.000000191. The van der Waals surface area contributed by atoms with Gasteiger partial charge in [0.1, 0.15) is 6.79 Å². The van der Waals surface area contributed by atoms with Crippen molar-refractivity contribution in [2.24, 2.45) is 0 Å². The molecule has 12 aromatic carbocycles. The first-order valence-electron chi connectivity index (χ1n) is 35.9. The third-order valence-corrected chi connectivity index (χ3v) is 46.1. The minimum atomic E-state index is -1.33. The quantitative estimate of drug-likeness (QED) is 0.0324. The van der Waals surface area contributed by atoms with Crippen LogP contribution in [0, 0.1) is 0 Å². The molecule has 0 aliphatic heterocycles. The zero-order valence-corrected chi connectivity index (χ0v) is 70.8. The number of hydrogen-bond acceptors (Lipinski definition) is 1. The average molecular weight is 1590 g/mol. The van der Waals surface area contributed by atoms with Gasteiger partial charge in [-0.15, -0.1) is 0 Å². The van der Waals surface area contributed by atoms with Gasteiger partial charge < -0.3 is 4.79 Å². The van der Waals surface area contributed by atoms with E-state index in [2.05, 4.69) is 403 Å². The average Bonchev–Trinajstić information content (AvgIpc) is 0.857. The summed E-state index contributed by atoms with van der Waals surface area (Å²) < 4.78 is 0. The summed E-state index contributed by atoms with van der Waals surface area (Å²) in [6.07, 6.45) is 7.82. The predicted octanol–water partition coefficient (Wildman–Crippen LogP) is 20.7. The fraction of sp³-hybridized carbons (Fsp3) is 0.198. The summed E-state index contributed by atoms with van der Waals surface area (Å²) in [5.41, 5.74) is 0. The fourth-order valence-corrected chi connectivity index (χ4v) is 44.5. The Morgan fingerprint density at radius 1 is 0.176 bits per heavy atom. The molecule has 0 N–H and O–H groups in total. The minimum absolute atomic E-state index is 0. The molecular formula is C91H104OP6RhSi3. The molecule has 0 aromatic heterocycles. The van der Waals surface area contributed by atoms with Crippen LogP contribution in [0.4, 0.5) is 0 Å². The van der Waals surface area contributed by atoms with Gasteiger partial charge in [0.05, 0.1) is 0 Å². The van der Waals surface area contributed by atoms with Crippen LogP contribution in [0.2, 0.25) is 75.5 Å². The second kappa shape index (κ2) is 44.2.